The number of aryl methyl sites for hydroxylation is 1. The summed E-state index contributed by atoms with van der Waals surface area (Å²) in [4.78, 5) is 27.2. The van der Waals surface area contributed by atoms with Crippen LogP contribution in [-0.2, 0) is 9.59 Å². The minimum Gasteiger partial charge on any atom is -0.507 e. The number of anilines is 1. The molecule has 1 fully saturated rings. The lowest BCUT2D eigenvalue weighted by Crippen LogP contribution is -2.30. The summed E-state index contributed by atoms with van der Waals surface area (Å²) in [5.41, 5.74) is 1.000. The first kappa shape index (κ1) is 23.0. The Hall–Kier alpha value is -4.20. The van der Waals surface area contributed by atoms with Gasteiger partial charge in [0.25, 0.3) is 11.7 Å². The van der Waals surface area contributed by atoms with Crippen LogP contribution in [0, 0.1) is 18.6 Å². The highest BCUT2D eigenvalue weighted by Gasteiger charge is 2.47. The highest BCUT2D eigenvalue weighted by atomic mass is 19.1. The van der Waals surface area contributed by atoms with Crippen molar-refractivity contribution in [3.05, 3.63) is 94.6 Å². The number of hydrogen-bond donors (Lipinski definition) is 1. The van der Waals surface area contributed by atoms with Gasteiger partial charge in [0.05, 0.1) is 31.5 Å². The number of rotatable bonds is 5. The molecule has 8 heteroatoms. The Labute approximate surface area is 194 Å². The smallest absolute Gasteiger partial charge is 0.300 e. The number of carbonyl (C=O) groups is 2. The first-order chi connectivity index (χ1) is 16.3. The highest BCUT2D eigenvalue weighted by molar-refractivity contribution is 6.51. The van der Waals surface area contributed by atoms with Gasteiger partial charge in [-0.25, -0.2) is 8.78 Å². The molecule has 1 aliphatic heterocycles. The van der Waals surface area contributed by atoms with Crippen molar-refractivity contribution in [2.45, 2.75) is 13.0 Å². The molecule has 0 saturated carbocycles. The third kappa shape index (κ3) is 3.87. The number of ketones is 1. The van der Waals surface area contributed by atoms with Crippen molar-refractivity contribution in [1.82, 2.24) is 0 Å². The normalized spacial score (nSPS) is 17.2. The number of aliphatic hydroxyl groups excluding tert-OH is 1. The zero-order valence-electron chi connectivity index (χ0n) is 18.6. The van der Waals surface area contributed by atoms with Gasteiger partial charge in [0.15, 0.2) is 11.5 Å². The van der Waals surface area contributed by atoms with Crippen LogP contribution in [0.15, 0.2) is 66.2 Å². The van der Waals surface area contributed by atoms with Crippen molar-refractivity contribution in [2.75, 3.05) is 19.1 Å². The SMILES string of the molecule is COc1ccc(/C(O)=C2\C(=O)C(=O)N(c3ccc(F)cc3F)C2c2cccc(C)c2)cc1OC. The molecule has 1 saturated heterocycles. The van der Waals surface area contributed by atoms with E-state index >= 15 is 0 Å². The van der Waals surface area contributed by atoms with Crippen molar-refractivity contribution < 1.29 is 33.0 Å². The largest absolute Gasteiger partial charge is 0.507 e. The van der Waals surface area contributed by atoms with E-state index in [9.17, 15) is 23.5 Å². The molecule has 3 aromatic carbocycles. The maximum Gasteiger partial charge on any atom is 0.300 e. The number of halogens is 2. The second-order valence-corrected chi connectivity index (χ2v) is 7.75. The highest BCUT2D eigenvalue weighted by Crippen LogP contribution is 2.43. The summed E-state index contributed by atoms with van der Waals surface area (Å²) >= 11 is 0. The quantitative estimate of drug-likeness (QED) is 0.329. The van der Waals surface area contributed by atoms with Crippen LogP contribution in [0.4, 0.5) is 14.5 Å². The Kier molecular flexibility index (Phi) is 6.06. The first-order valence-electron chi connectivity index (χ1n) is 10.3. The van der Waals surface area contributed by atoms with Crippen molar-refractivity contribution in [3.8, 4) is 11.5 Å². The number of benzene rings is 3. The number of ether oxygens (including phenoxy) is 2. The summed E-state index contributed by atoms with van der Waals surface area (Å²) in [7, 11) is 2.88. The predicted octanol–water partition coefficient (Wildman–Crippen LogP) is 4.92. The number of carbonyl (C=O) groups excluding carboxylic acids is 2. The molecular weight excluding hydrogens is 444 g/mol. The van der Waals surface area contributed by atoms with E-state index in [0.29, 0.717) is 23.1 Å². The molecule has 1 atom stereocenters. The zero-order chi connectivity index (χ0) is 24.6. The first-order valence-corrected chi connectivity index (χ1v) is 10.3. The number of nitrogens with zero attached hydrogens (tertiary/aromatic N) is 1. The van der Waals surface area contributed by atoms with Gasteiger partial charge >= 0.3 is 0 Å². The molecule has 174 valence electrons. The number of aliphatic hydroxyl groups is 1. The van der Waals surface area contributed by atoms with Crippen LogP contribution in [0.1, 0.15) is 22.7 Å². The number of hydrogen-bond acceptors (Lipinski definition) is 5. The fourth-order valence-corrected chi connectivity index (χ4v) is 4.05. The maximum absolute atomic E-state index is 14.8. The lowest BCUT2D eigenvalue weighted by atomic mass is 9.94. The van der Waals surface area contributed by atoms with Crippen molar-refractivity contribution in [3.63, 3.8) is 0 Å². The molecule has 1 N–H and O–H groups in total. The van der Waals surface area contributed by atoms with E-state index < -0.39 is 35.1 Å². The average Bonchev–Trinajstić information content (AvgIpc) is 3.08. The molecule has 34 heavy (non-hydrogen) atoms. The summed E-state index contributed by atoms with van der Waals surface area (Å²) in [6.07, 6.45) is 0. The average molecular weight is 465 g/mol. The van der Waals surface area contributed by atoms with E-state index in [0.717, 1.165) is 22.6 Å². The standard InChI is InChI=1S/C26H21F2NO5/c1-14-5-4-6-15(11-14)23-22(24(30)16-7-10-20(33-2)21(12-16)34-3)25(31)26(32)29(23)19-9-8-17(27)13-18(19)28/h4-13,23,30H,1-3H3/b24-22+. The molecule has 0 radical (unpaired) electrons. The van der Waals surface area contributed by atoms with E-state index in [-0.39, 0.29) is 16.8 Å². The maximum atomic E-state index is 14.8. The Balaban J connectivity index is 1.97. The van der Waals surface area contributed by atoms with Gasteiger partial charge in [-0.1, -0.05) is 29.8 Å². The summed E-state index contributed by atoms with van der Waals surface area (Å²) in [6, 6.07) is 13.0. The van der Waals surface area contributed by atoms with Crippen LogP contribution in [0.3, 0.4) is 0 Å². The van der Waals surface area contributed by atoms with Gasteiger partial charge in [-0.05, 0) is 42.8 Å². The zero-order valence-corrected chi connectivity index (χ0v) is 18.6. The molecule has 3 aromatic rings. The van der Waals surface area contributed by atoms with Gasteiger partial charge in [0.1, 0.15) is 17.4 Å². The Morgan fingerprint density at radius 1 is 0.941 bits per heavy atom. The summed E-state index contributed by atoms with van der Waals surface area (Å²) in [6.45, 7) is 1.82. The minimum absolute atomic E-state index is 0.202. The molecule has 1 heterocycles. The summed E-state index contributed by atoms with van der Waals surface area (Å²) < 4.78 is 38.8. The van der Waals surface area contributed by atoms with Crippen LogP contribution in [0.5, 0.6) is 11.5 Å². The molecule has 0 bridgehead atoms. The molecule has 1 aliphatic rings. The Morgan fingerprint density at radius 2 is 1.68 bits per heavy atom. The molecule has 0 aliphatic carbocycles. The summed E-state index contributed by atoms with van der Waals surface area (Å²) in [5, 5.41) is 11.2. The van der Waals surface area contributed by atoms with E-state index in [1.165, 1.54) is 26.4 Å². The lowest BCUT2D eigenvalue weighted by molar-refractivity contribution is -0.132. The monoisotopic (exact) mass is 465 g/mol. The third-order valence-electron chi connectivity index (χ3n) is 5.63. The number of Topliss-reactive ketones (excluding diaryl/α,β-unsaturated/α-hetero) is 1. The Morgan fingerprint density at radius 3 is 2.32 bits per heavy atom. The van der Waals surface area contributed by atoms with Crippen LogP contribution in [0.25, 0.3) is 5.76 Å². The molecule has 4 rings (SSSR count). The van der Waals surface area contributed by atoms with Gasteiger partial charge in [-0.3, -0.25) is 14.5 Å². The molecule has 0 spiro atoms. The van der Waals surface area contributed by atoms with Gasteiger partial charge in [-0.2, -0.15) is 0 Å². The van der Waals surface area contributed by atoms with Gasteiger partial charge < -0.3 is 14.6 Å². The fraction of sp³-hybridized carbons (Fsp3) is 0.154. The summed E-state index contributed by atoms with van der Waals surface area (Å²) in [5.74, 6) is -3.63. The Bertz CT molecular complexity index is 1330. The van der Waals surface area contributed by atoms with Crippen LogP contribution in [-0.4, -0.2) is 31.0 Å². The number of methoxy groups -OCH3 is 2. The number of amides is 1. The van der Waals surface area contributed by atoms with Crippen molar-refractivity contribution in [2.24, 2.45) is 0 Å². The molecule has 1 amide bonds. The molecule has 6 nitrogen and oxygen atoms in total. The second-order valence-electron chi connectivity index (χ2n) is 7.75. The fourth-order valence-electron chi connectivity index (χ4n) is 4.05. The van der Waals surface area contributed by atoms with Crippen molar-refractivity contribution in [1.29, 1.82) is 0 Å². The van der Waals surface area contributed by atoms with Gasteiger partial charge in [0.2, 0.25) is 0 Å². The van der Waals surface area contributed by atoms with Crippen LogP contribution < -0.4 is 14.4 Å². The van der Waals surface area contributed by atoms with E-state index in [1.54, 1.807) is 24.3 Å². The van der Waals surface area contributed by atoms with Crippen LogP contribution in [0.2, 0.25) is 0 Å². The predicted molar refractivity (Wildman–Crippen MR) is 122 cm³/mol. The topological polar surface area (TPSA) is 76.1 Å². The lowest BCUT2D eigenvalue weighted by Gasteiger charge is -2.26. The van der Waals surface area contributed by atoms with Crippen LogP contribution >= 0.6 is 0 Å². The minimum atomic E-state index is -1.15. The molecule has 1 unspecified atom stereocenters. The van der Waals surface area contributed by atoms with Gasteiger partial charge in [0, 0.05) is 11.6 Å². The van der Waals surface area contributed by atoms with E-state index in [2.05, 4.69) is 0 Å². The van der Waals surface area contributed by atoms with Gasteiger partial charge in [-0.15, -0.1) is 0 Å². The third-order valence-corrected chi connectivity index (χ3v) is 5.63. The second kappa shape index (κ2) is 8.97. The molecule has 0 aromatic heterocycles. The van der Waals surface area contributed by atoms with Crippen molar-refractivity contribution >= 4 is 23.1 Å². The molecular formula is C26H21F2NO5. The van der Waals surface area contributed by atoms with E-state index in [4.69, 9.17) is 9.47 Å². The van der Waals surface area contributed by atoms with E-state index in [1.807, 2.05) is 13.0 Å².